The third-order valence-electron chi connectivity index (χ3n) is 3.41. The maximum absolute atomic E-state index is 12.5. The van der Waals surface area contributed by atoms with Gasteiger partial charge in [-0.05, 0) is 36.8 Å². The summed E-state index contributed by atoms with van der Waals surface area (Å²) in [6.45, 7) is 1.88. The number of amides is 1. The van der Waals surface area contributed by atoms with Crippen molar-refractivity contribution >= 4 is 34.1 Å². The maximum Gasteiger partial charge on any atom is 0.256 e. The van der Waals surface area contributed by atoms with Gasteiger partial charge in [-0.15, -0.1) is 0 Å². The highest BCUT2D eigenvalue weighted by molar-refractivity contribution is 6.31. The van der Waals surface area contributed by atoms with E-state index in [9.17, 15) is 4.79 Å². The first kappa shape index (κ1) is 13.6. The van der Waals surface area contributed by atoms with Crippen LogP contribution in [0.25, 0.3) is 10.9 Å². The number of aromatic nitrogens is 1. The molecule has 1 N–H and O–H groups in total. The third-order valence-corrected chi connectivity index (χ3v) is 3.82. The van der Waals surface area contributed by atoms with Crippen molar-refractivity contribution in [3.63, 3.8) is 0 Å². The van der Waals surface area contributed by atoms with Gasteiger partial charge in [-0.2, -0.15) is 0 Å². The lowest BCUT2D eigenvalue weighted by atomic mass is 10.1. The standard InChI is InChI=1S/C17H13ClN2O/c1-11-14(18)6-4-8-15(11)20-17(21)13-9-10-19-16-7-3-2-5-12(13)16/h2-10H,1H3,(H,20,21). The normalized spacial score (nSPS) is 10.6. The SMILES string of the molecule is Cc1c(Cl)cccc1NC(=O)c1ccnc2ccccc12. The first-order valence-electron chi connectivity index (χ1n) is 6.57. The Morgan fingerprint density at radius 1 is 1.10 bits per heavy atom. The van der Waals surface area contributed by atoms with Gasteiger partial charge >= 0.3 is 0 Å². The molecular weight excluding hydrogens is 284 g/mol. The summed E-state index contributed by atoms with van der Waals surface area (Å²) in [4.78, 5) is 16.8. The Labute approximate surface area is 127 Å². The lowest BCUT2D eigenvalue weighted by molar-refractivity contribution is 0.102. The van der Waals surface area contributed by atoms with Crippen LogP contribution >= 0.6 is 11.6 Å². The minimum atomic E-state index is -0.168. The Kier molecular flexibility index (Phi) is 3.59. The highest BCUT2D eigenvalue weighted by atomic mass is 35.5. The molecule has 4 heteroatoms. The van der Waals surface area contributed by atoms with Crippen molar-refractivity contribution in [2.24, 2.45) is 0 Å². The van der Waals surface area contributed by atoms with Crippen molar-refractivity contribution in [2.75, 3.05) is 5.32 Å². The van der Waals surface area contributed by atoms with Crippen LogP contribution in [0.2, 0.25) is 5.02 Å². The Balaban J connectivity index is 2.00. The smallest absolute Gasteiger partial charge is 0.256 e. The fourth-order valence-electron chi connectivity index (χ4n) is 2.23. The van der Waals surface area contributed by atoms with Gasteiger partial charge in [-0.3, -0.25) is 9.78 Å². The number of hydrogen-bond donors (Lipinski definition) is 1. The Bertz CT molecular complexity index is 825. The van der Waals surface area contributed by atoms with Crippen LogP contribution in [0.15, 0.2) is 54.7 Å². The Morgan fingerprint density at radius 2 is 1.90 bits per heavy atom. The van der Waals surface area contributed by atoms with E-state index in [4.69, 9.17) is 11.6 Å². The van der Waals surface area contributed by atoms with Gasteiger partial charge in [0, 0.05) is 22.3 Å². The monoisotopic (exact) mass is 296 g/mol. The lowest BCUT2D eigenvalue weighted by Crippen LogP contribution is -2.13. The van der Waals surface area contributed by atoms with Gasteiger partial charge in [-0.25, -0.2) is 0 Å². The van der Waals surface area contributed by atoms with Crippen molar-refractivity contribution < 1.29 is 4.79 Å². The number of carbonyl (C=O) groups is 1. The van der Waals surface area contributed by atoms with Crippen LogP contribution in [0.3, 0.4) is 0 Å². The molecule has 0 atom stereocenters. The van der Waals surface area contributed by atoms with E-state index >= 15 is 0 Å². The predicted molar refractivity (Wildman–Crippen MR) is 85.9 cm³/mol. The summed E-state index contributed by atoms with van der Waals surface area (Å²) in [6, 6.07) is 14.7. The number of anilines is 1. The molecular formula is C17H13ClN2O. The second kappa shape index (κ2) is 5.54. The molecule has 1 amide bonds. The largest absolute Gasteiger partial charge is 0.322 e. The maximum atomic E-state index is 12.5. The fourth-order valence-corrected chi connectivity index (χ4v) is 2.40. The molecule has 104 valence electrons. The molecule has 3 nitrogen and oxygen atoms in total. The number of nitrogens with one attached hydrogen (secondary N) is 1. The molecule has 0 saturated heterocycles. The number of fused-ring (bicyclic) bond motifs is 1. The molecule has 0 aliphatic rings. The molecule has 0 bridgehead atoms. The van der Waals surface area contributed by atoms with Gasteiger partial charge in [0.05, 0.1) is 11.1 Å². The van der Waals surface area contributed by atoms with Crippen molar-refractivity contribution in [1.82, 2.24) is 4.98 Å². The molecule has 0 unspecified atom stereocenters. The molecule has 21 heavy (non-hydrogen) atoms. The number of halogens is 1. The summed E-state index contributed by atoms with van der Waals surface area (Å²) in [5.41, 5.74) is 2.97. The number of carbonyl (C=O) groups excluding carboxylic acids is 1. The van der Waals surface area contributed by atoms with Crippen LogP contribution in [-0.2, 0) is 0 Å². The van der Waals surface area contributed by atoms with Crippen LogP contribution in [0.1, 0.15) is 15.9 Å². The van der Waals surface area contributed by atoms with Gasteiger partial charge < -0.3 is 5.32 Å². The van der Waals surface area contributed by atoms with E-state index in [0.717, 1.165) is 16.5 Å². The summed E-state index contributed by atoms with van der Waals surface area (Å²) in [7, 11) is 0. The minimum Gasteiger partial charge on any atom is -0.322 e. The zero-order chi connectivity index (χ0) is 14.8. The minimum absolute atomic E-state index is 0.168. The van der Waals surface area contributed by atoms with E-state index < -0.39 is 0 Å². The highest BCUT2D eigenvalue weighted by Crippen LogP contribution is 2.24. The van der Waals surface area contributed by atoms with Crippen molar-refractivity contribution in [1.29, 1.82) is 0 Å². The quantitative estimate of drug-likeness (QED) is 0.759. The second-order valence-electron chi connectivity index (χ2n) is 4.74. The summed E-state index contributed by atoms with van der Waals surface area (Å²) in [6.07, 6.45) is 1.64. The second-order valence-corrected chi connectivity index (χ2v) is 5.15. The summed E-state index contributed by atoms with van der Waals surface area (Å²) >= 11 is 6.08. The zero-order valence-electron chi connectivity index (χ0n) is 11.4. The first-order chi connectivity index (χ1) is 10.2. The van der Waals surface area contributed by atoms with E-state index in [1.165, 1.54) is 0 Å². The molecule has 0 saturated carbocycles. The summed E-state index contributed by atoms with van der Waals surface area (Å²) < 4.78 is 0. The van der Waals surface area contributed by atoms with Crippen molar-refractivity contribution in [2.45, 2.75) is 6.92 Å². The topological polar surface area (TPSA) is 42.0 Å². The third kappa shape index (κ3) is 2.60. The molecule has 1 heterocycles. The number of hydrogen-bond acceptors (Lipinski definition) is 2. The molecule has 3 rings (SSSR count). The van der Waals surface area contributed by atoms with Gasteiger partial charge in [0.25, 0.3) is 5.91 Å². The molecule has 0 aliphatic carbocycles. The Morgan fingerprint density at radius 3 is 2.76 bits per heavy atom. The van der Waals surface area contributed by atoms with Crippen LogP contribution in [-0.4, -0.2) is 10.9 Å². The lowest BCUT2D eigenvalue weighted by Gasteiger charge is -2.10. The molecule has 0 fully saturated rings. The predicted octanol–water partition coefficient (Wildman–Crippen LogP) is 4.45. The average molecular weight is 297 g/mol. The van der Waals surface area contributed by atoms with Crippen LogP contribution < -0.4 is 5.32 Å². The van der Waals surface area contributed by atoms with Crippen LogP contribution in [0.5, 0.6) is 0 Å². The van der Waals surface area contributed by atoms with Gasteiger partial charge in [0.15, 0.2) is 0 Å². The summed E-state index contributed by atoms with van der Waals surface area (Å²) in [5, 5.41) is 4.37. The van der Waals surface area contributed by atoms with Crippen molar-refractivity contribution in [3.8, 4) is 0 Å². The van der Waals surface area contributed by atoms with Crippen molar-refractivity contribution in [3.05, 3.63) is 70.9 Å². The molecule has 0 radical (unpaired) electrons. The fraction of sp³-hybridized carbons (Fsp3) is 0.0588. The number of pyridine rings is 1. The molecule has 2 aromatic carbocycles. The number of benzene rings is 2. The summed E-state index contributed by atoms with van der Waals surface area (Å²) in [5.74, 6) is -0.168. The zero-order valence-corrected chi connectivity index (χ0v) is 12.2. The van der Waals surface area contributed by atoms with E-state index in [1.54, 1.807) is 18.3 Å². The van der Waals surface area contributed by atoms with Gasteiger partial charge in [0.2, 0.25) is 0 Å². The van der Waals surface area contributed by atoms with E-state index in [1.807, 2.05) is 43.3 Å². The van der Waals surface area contributed by atoms with E-state index in [-0.39, 0.29) is 5.91 Å². The first-order valence-corrected chi connectivity index (χ1v) is 6.95. The number of rotatable bonds is 2. The Hall–Kier alpha value is -2.39. The molecule has 0 spiro atoms. The molecule has 3 aromatic rings. The van der Waals surface area contributed by atoms with Gasteiger partial charge in [-0.1, -0.05) is 35.9 Å². The number of nitrogens with zero attached hydrogens (tertiary/aromatic N) is 1. The van der Waals surface area contributed by atoms with Crippen LogP contribution in [0, 0.1) is 6.92 Å². The van der Waals surface area contributed by atoms with E-state index in [2.05, 4.69) is 10.3 Å². The molecule has 1 aromatic heterocycles. The molecule has 0 aliphatic heterocycles. The van der Waals surface area contributed by atoms with E-state index in [0.29, 0.717) is 16.3 Å². The number of para-hydroxylation sites is 1. The average Bonchev–Trinajstić information content (AvgIpc) is 2.51. The van der Waals surface area contributed by atoms with Crippen LogP contribution in [0.4, 0.5) is 5.69 Å². The van der Waals surface area contributed by atoms with Gasteiger partial charge in [0.1, 0.15) is 0 Å². The highest BCUT2D eigenvalue weighted by Gasteiger charge is 2.12.